The van der Waals surface area contributed by atoms with Gasteiger partial charge in [0.2, 0.25) is 5.88 Å². The Labute approximate surface area is 295 Å². The largest absolute Gasteiger partial charge is 0.487 e. The van der Waals surface area contributed by atoms with Gasteiger partial charge < -0.3 is 18.8 Å². The molecule has 0 bridgehead atoms. The minimum atomic E-state index is -0.732. The number of nitrogens with zero attached hydrogens (tertiary/aromatic N) is 3. The van der Waals surface area contributed by atoms with Gasteiger partial charge in [-0.2, -0.15) is 0 Å². The Morgan fingerprint density at radius 3 is 2.18 bits per heavy atom. The van der Waals surface area contributed by atoms with Crippen LogP contribution in [0.15, 0.2) is 78.0 Å². The summed E-state index contributed by atoms with van der Waals surface area (Å²) in [6.07, 6.45) is 4.24. The van der Waals surface area contributed by atoms with Gasteiger partial charge in [0, 0.05) is 57.7 Å². The second-order valence-electron chi connectivity index (χ2n) is 14.1. The molecule has 3 heterocycles. The smallest absolute Gasteiger partial charge is 0.311 e. The first kappa shape index (κ1) is 36.0. The molecule has 258 valence electrons. The lowest BCUT2D eigenvalue weighted by atomic mass is 9.87. The second kappa shape index (κ2) is 15.1. The van der Waals surface area contributed by atoms with Crippen molar-refractivity contribution in [3.05, 3.63) is 101 Å². The summed E-state index contributed by atoms with van der Waals surface area (Å²) < 4.78 is 19.8. The Bertz CT molecular complexity index is 1890. The molecule has 49 heavy (non-hydrogen) atoms. The van der Waals surface area contributed by atoms with Crippen molar-refractivity contribution in [3.63, 3.8) is 0 Å². The van der Waals surface area contributed by atoms with E-state index in [4.69, 9.17) is 14.2 Å². The van der Waals surface area contributed by atoms with Crippen LogP contribution in [0.25, 0.3) is 22.0 Å². The van der Waals surface area contributed by atoms with Crippen molar-refractivity contribution in [2.24, 2.45) is 5.41 Å². The first-order valence-electron chi connectivity index (χ1n) is 17.0. The van der Waals surface area contributed by atoms with Gasteiger partial charge in [0.25, 0.3) is 0 Å². The van der Waals surface area contributed by atoms with Gasteiger partial charge in [0.05, 0.1) is 29.8 Å². The van der Waals surface area contributed by atoms with E-state index in [1.165, 1.54) is 4.90 Å². The maximum absolute atomic E-state index is 13.3. The number of ether oxygens (including phenoxy) is 3. The number of carbonyl (C=O) groups excluding carboxylic acids is 1. The van der Waals surface area contributed by atoms with Gasteiger partial charge >= 0.3 is 5.97 Å². The van der Waals surface area contributed by atoms with E-state index in [9.17, 15) is 4.79 Å². The van der Waals surface area contributed by atoms with Gasteiger partial charge in [-0.15, -0.1) is 11.8 Å². The summed E-state index contributed by atoms with van der Waals surface area (Å²) in [5.74, 6) is 1.23. The lowest BCUT2D eigenvalue weighted by molar-refractivity contribution is -0.153. The fourth-order valence-corrected chi connectivity index (χ4v) is 7.05. The molecule has 0 saturated heterocycles. The zero-order chi connectivity index (χ0) is 35.3. The summed E-state index contributed by atoms with van der Waals surface area (Å²) in [4.78, 5) is 23.4. The lowest BCUT2D eigenvalue weighted by Gasteiger charge is -2.26. The summed E-state index contributed by atoms with van der Waals surface area (Å²) in [6.45, 7) is 20.6. The lowest BCUT2D eigenvalue weighted by Crippen LogP contribution is -2.30. The third-order valence-electron chi connectivity index (χ3n) is 8.24. The molecule has 0 amide bonds. The molecule has 0 spiro atoms. The first-order valence-corrected chi connectivity index (χ1v) is 17.8. The van der Waals surface area contributed by atoms with E-state index < -0.39 is 5.41 Å². The van der Waals surface area contributed by atoms with Crippen molar-refractivity contribution in [2.45, 2.75) is 91.5 Å². The molecule has 0 atom stereocenters. The summed E-state index contributed by atoms with van der Waals surface area (Å²) in [6, 6.07) is 20.9. The number of hydrogen-bond acceptors (Lipinski definition) is 7. The molecule has 8 heteroatoms. The highest BCUT2D eigenvalue weighted by Gasteiger charge is 2.34. The number of thioether (sulfide) groups is 1. The molecule has 0 unspecified atom stereocenters. The summed E-state index contributed by atoms with van der Waals surface area (Å²) >= 11 is 1.83. The average Bonchev–Trinajstić information content (AvgIpc) is 3.31. The van der Waals surface area contributed by atoms with Crippen LogP contribution in [0.4, 0.5) is 0 Å². The van der Waals surface area contributed by atoms with Gasteiger partial charge in [0.15, 0.2) is 0 Å². The molecule has 0 saturated carbocycles. The normalized spacial score (nSPS) is 11.9. The molecule has 2 aromatic carbocycles. The standard InChI is InChI=1S/C41H49N3O4S/c1-10-46-36-19-17-31(24-43-36)30-15-13-29(14-16-30)25-44-35(22-41(8,9)39(45)47-11-2)38(49-40(5,6)7)34-21-33(20-28(4)37(34)44)48-26-32-18-12-27(3)23-42-32/h12-21,23-24H,10-11,22,25-26H2,1-9H3. The number of carbonyl (C=O) groups is 1. The van der Waals surface area contributed by atoms with Crippen LogP contribution in [0, 0.1) is 19.3 Å². The maximum atomic E-state index is 13.3. The zero-order valence-corrected chi connectivity index (χ0v) is 31.2. The van der Waals surface area contributed by atoms with Gasteiger partial charge in [-0.05, 0) is 88.1 Å². The van der Waals surface area contributed by atoms with Gasteiger partial charge in [-0.3, -0.25) is 9.78 Å². The Morgan fingerprint density at radius 1 is 0.837 bits per heavy atom. The van der Waals surface area contributed by atoms with Gasteiger partial charge in [-0.25, -0.2) is 4.98 Å². The van der Waals surface area contributed by atoms with E-state index in [1.807, 2.05) is 77.0 Å². The van der Waals surface area contributed by atoms with Crippen LogP contribution in [-0.4, -0.2) is 38.5 Å². The number of aromatic nitrogens is 3. The van der Waals surface area contributed by atoms with E-state index >= 15 is 0 Å². The van der Waals surface area contributed by atoms with Crippen LogP contribution in [0.2, 0.25) is 0 Å². The molecule has 0 aliphatic heterocycles. The van der Waals surface area contributed by atoms with Crippen LogP contribution in [0.5, 0.6) is 11.6 Å². The monoisotopic (exact) mass is 679 g/mol. The molecule has 7 nitrogen and oxygen atoms in total. The number of rotatable bonds is 13. The number of fused-ring (bicyclic) bond motifs is 1. The third-order valence-corrected chi connectivity index (χ3v) is 9.51. The van der Waals surface area contributed by atoms with Crippen molar-refractivity contribution in [2.75, 3.05) is 13.2 Å². The molecule has 0 fully saturated rings. The third kappa shape index (κ3) is 8.84. The Balaban J connectivity index is 1.59. The Hall–Kier alpha value is -4.30. The molecule has 0 aliphatic carbocycles. The minimum Gasteiger partial charge on any atom is -0.487 e. The Morgan fingerprint density at radius 2 is 1.57 bits per heavy atom. The summed E-state index contributed by atoms with van der Waals surface area (Å²) in [5.41, 5.74) is 7.92. The minimum absolute atomic E-state index is 0.0775. The van der Waals surface area contributed by atoms with Crippen molar-refractivity contribution in [3.8, 4) is 22.8 Å². The highest BCUT2D eigenvalue weighted by molar-refractivity contribution is 8.00. The van der Waals surface area contributed by atoms with Crippen LogP contribution in [0.3, 0.4) is 0 Å². The predicted octanol–water partition coefficient (Wildman–Crippen LogP) is 9.76. The van der Waals surface area contributed by atoms with Crippen LogP contribution in [-0.2, 0) is 29.1 Å². The molecule has 5 aromatic rings. The van der Waals surface area contributed by atoms with E-state index in [0.29, 0.717) is 38.7 Å². The average molecular weight is 680 g/mol. The quantitative estimate of drug-likeness (QED) is 0.0906. The number of pyridine rings is 2. The van der Waals surface area contributed by atoms with Crippen LogP contribution >= 0.6 is 11.8 Å². The molecular weight excluding hydrogens is 631 g/mol. The highest BCUT2D eigenvalue weighted by Crippen LogP contribution is 2.45. The fourth-order valence-electron chi connectivity index (χ4n) is 5.87. The topological polar surface area (TPSA) is 75.5 Å². The highest BCUT2D eigenvalue weighted by atomic mass is 32.2. The number of aryl methyl sites for hydroxylation is 2. The van der Waals surface area contributed by atoms with Crippen molar-refractivity contribution in [1.82, 2.24) is 14.5 Å². The Kier molecular flexibility index (Phi) is 11.1. The van der Waals surface area contributed by atoms with Crippen LogP contribution < -0.4 is 9.47 Å². The predicted molar refractivity (Wildman–Crippen MR) is 200 cm³/mol. The van der Waals surface area contributed by atoms with Crippen molar-refractivity contribution in [1.29, 1.82) is 0 Å². The van der Waals surface area contributed by atoms with Gasteiger partial charge in [0.1, 0.15) is 12.4 Å². The summed E-state index contributed by atoms with van der Waals surface area (Å²) in [5, 5.41) is 1.12. The van der Waals surface area contributed by atoms with Crippen LogP contribution in [0.1, 0.15) is 76.5 Å². The van der Waals surface area contributed by atoms with Crippen molar-refractivity contribution >= 4 is 28.6 Å². The number of benzene rings is 2. The van der Waals surface area contributed by atoms with E-state index in [1.54, 1.807) is 0 Å². The van der Waals surface area contributed by atoms with Gasteiger partial charge in [-0.1, -0.05) is 51.1 Å². The van der Waals surface area contributed by atoms with Crippen molar-refractivity contribution < 1.29 is 19.0 Å². The van der Waals surface area contributed by atoms with E-state index in [-0.39, 0.29) is 10.7 Å². The maximum Gasteiger partial charge on any atom is 0.311 e. The molecule has 0 radical (unpaired) electrons. The zero-order valence-electron chi connectivity index (χ0n) is 30.3. The SMILES string of the molecule is CCOC(=O)C(C)(C)Cc1c(SC(C)(C)C)c2cc(OCc3ccc(C)cn3)cc(C)c2n1Cc1ccc(-c2ccc(OCC)nc2)cc1. The molecule has 0 aliphatic rings. The summed E-state index contributed by atoms with van der Waals surface area (Å²) in [7, 11) is 0. The molecular formula is C41H49N3O4S. The molecule has 0 N–H and O–H groups in total. The number of hydrogen-bond donors (Lipinski definition) is 0. The van der Waals surface area contributed by atoms with E-state index in [0.717, 1.165) is 55.9 Å². The fraction of sp³-hybridized carbons (Fsp3) is 0.390. The van der Waals surface area contributed by atoms with E-state index in [2.05, 4.69) is 84.7 Å². The first-order chi connectivity index (χ1) is 23.3. The number of esters is 1. The molecule has 5 rings (SSSR count). The second-order valence-corrected chi connectivity index (χ2v) is 16.0. The molecule has 3 aromatic heterocycles.